The Morgan fingerprint density at radius 1 is 1.26 bits per heavy atom. The van der Waals surface area contributed by atoms with Crippen LogP contribution in [-0.2, 0) is 12.8 Å². The lowest BCUT2D eigenvalue weighted by atomic mass is 9.91. The van der Waals surface area contributed by atoms with Gasteiger partial charge in [0, 0.05) is 29.2 Å². The topological polar surface area (TPSA) is 33.1 Å². The monoisotopic (exact) mass is 323 g/mol. The zero-order chi connectivity index (χ0) is 13.9. The molecule has 2 rings (SSSR count). The molecule has 0 aliphatic rings. The molecule has 1 aromatic heterocycles. The van der Waals surface area contributed by atoms with Gasteiger partial charge in [0.05, 0.1) is 5.60 Å². The summed E-state index contributed by atoms with van der Waals surface area (Å²) in [6.07, 6.45) is 2.52. The Morgan fingerprint density at radius 3 is 2.68 bits per heavy atom. The quantitative estimate of drug-likeness (QED) is 0.933. The Bertz CT molecular complexity index is 554. The van der Waals surface area contributed by atoms with Crippen molar-refractivity contribution in [2.24, 2.45) is 0 Å². The summed E-state index contributed by atoms with van der Waals surface area (Å²) in [5.41, 5.74) is 0.640. The summed E-state index contributed by atoms with van der Waals surface area (Å²) in [6, 6.07) is 10.1. The average molecular weight is 324 g/mol. The number of hydrogen-bond donors (Lipinski definition) is 1. The van der Waals surface area contributed by atoms with E-state index in [0.717, 1.165) is 15.7 Å². The van der Waals surface area contributed by atoms with Crippen LogP contribution in [0.25, 0.3) is 0 Å². The highest BCUT2D eigenvalue weighted by Gasteiger charge is 2.22. The highest BCUT2D eigenvalue weighted by atomic mass is 79.9. The van der Waals surface area contributed by atoms with Gasteiger partial charge in [0.25, 0.3) is 0 Å². The van der Waals surface area contributed by atoms with Gasteiger partial charge in [-0.05, 0) is 52.7 Å². The van der Waals surface area contributed by atoms with Gasteiger partial charge in [0.2, 0.25) is 0 Å². The first-order valence-corrected chi connectivity index (χ1v) is 6.81. The van der Waals surface area contributed by atoms with Crippen molar-refractivity contribution in [2.75, 3.05) is 0 Å². The van der Waals surface area contributed by atoms with Crippen molar-refractivity contribution in [3.63, 3.8) is 0 Å². The van der Waals surface area contributed by atoms with E-state index in [1.807, 2.05) is 18.2 Å². The largest absolute Gasteiger partial charge is 0.389 e. The Labute approximate surface area is 120 Å². The SMILES string of the molecule is CC(O)(Cc1cccc(F)c1)Cc1ccc(Br)cn1. The average Bonchev–Trinajstić information content (AvgIpc) is 2.31. The zero-order valence-corrected chi connectivity index (χ0v) is 12.2. The molecule has 1 N–H and O–H groups in total. The predicted octanol–water partition coefficient (Wildman–Crippen LogP) is 3.52. The first-order chi connectivity index (χ1) is 8.94. The van der Waals surface area contributed by atoms with Gasteiger partial charge in [0.1, 0.15) is 5.82 Å². The second kappa shape index (κ2) is 5.80. The van der Waals surface area contributed by atoms with Crippen molar-refractivity contribution >= 4 is 15.9 Å². The van der Waals surface area contributed by atoms with Gasteiger partial charge in [-0.3, -0.25) is 4.98 Å². The molecule has 0 aliphatic carbocycles. The maximum absolute atomic E-state index is 13.1. The first-order valence-electron chi connectivity index (χ1n) is 6.02. The minimum absolute atomic E-state index is 0.282. The molecule has 0 saturated heterocycles. The third-order valence-corrected chi connectivity index (χ3v) is 3.29. The van der Waals surface area contributed by atoms with Crippen molar-refractivity contribution in [3.05, 3.63) is 64.1 Å². The van der Waals surface area contributed by atoms with E-state index < -0.39 is 5.60 Å². The second-order valence-corrected chi connectivity index (χ2v) is 5.86. The molecule has 0 fully saturated rings. The van der Waals surface area contributed by atoms with Crippen molar-refractivity contribution in [1.82, 2.24) is 4.98 Å². The molecular formula is C15H15BrFNO. The molecule has 0 radical (unpaired) electrons. The van der Waals surface area contributed by atoms with Crippen molar-refractivity contribution in [2.45, 2.75) is 25.4 Å². The minimum atomic E-state index is -0.950. The summed E-state index contributed by atoms with van der Waals surface area (Å²) in [4.78, 5) is 4.24. The molecule has 0 aliphatic heterocycles. The van der Waals surface area contributed by atoms with E-state index in [-0.39, 0.29) is 5.82 Å². The van der Waals surface area contributed by atoms with Crippen molar-refractivity contribution in [3.8, 4) is 0 Å². The molecule has 0 amide bonds. The number of halogens is 2. The van der Waals surface area contributed by atoms with Crippen molar-refractivity contribution < 1.29 is 9.50 Å². The fourth-order valence-corrected chi connectivity index (χ4v) is 2.28. The van der Waals surface area contributed by atoms with Gasteiger partial charge in [0.15, 0.2) is 0 Å². The summed E-state index contributed by atoms with van der Waals surface area (Å²) in [5, 5.41) is 10.4. The molecule has 19 heavy (non-hydrogen) atoms. The number of benzene rings is 1. The van der Waals surface area contributed by atoms with Gasteiger partial charge in [-0.25, -0.2) is 4.39 Å². The van der Waals surface area contributed by atoms with Crippen LogP contribution in [-0.4, -0.2) is 15.7 Å². The molecule has 4 heteroatoms. The summed E-state index contributed by atoms with van der Waals surface area (Å²) >= 11 is 3.32. The van der Waals surface area contributed by atoms with Crippen LogP contribution in [0.3, 0.4) is 0 Å². The number of rotatable bonds is 4. The van der Waals surface area contributed by atoms with Crippen LogP contribution in [0.15, 0.2) is 47.1 Å². The first kappa shape index (κ1) is 14.2. The van der Waals surface area contributed by atoms with Crippen LogP contribution in [0, 0.1) is 5.82 Å². The fourth-order valence-electron chi connectivity index (χ4n) is 2.05. The van der Waals surface area contributed by atoms with Crippen LogP contribution in [0.2, 0.25) is 0 Å². The molecule has 100 valence electrons. The van der Waals surface area contributed by atoms with E-state index in [4.69, 9.17) is 0 Å². The van der Waals surface area contributed by atoms with E-state index in [2.05, 4.69) is 20.9 Å². The molecular weight excluding hydrogens is 309 g/mol. The molecule has 2 nitrogen and oxygen atoms in total. The van der Waals surface area contributed by atoms with Gasteiger partial charge < -0.3 is 5.11 Å². The van der Waals surface area contributed by atoms with Gasteiger partial charge in [-0.2, -0.15) is 0 Å². The Balaban J connectivity index is 2.07. The van der Waals surface area contributed by atoms with Crippen LogP contribution in [0.4, 0.5) is 4.39 Å². The minimum Gasteiger partial charge on any atom is -0.389 e. The van der Waals surface area contributed by atoms with E-state index in [1.165, 1.54) is 12.1 Å². The molecule has 1 heterocycles. The Hall–Kier alpha value is -1.26. The zero-order valence-electron chi connectivity index (χ0n) is 10.6. The molecule has 0 bridgehead atoms. The lowest BCUT2D eigenvalue weighted by Gasteiger charge is -2.23. The summed E-state index contributed by atoms with van der Waals surface area (Å²) in [5.74, 6) is -0.282. The number of aromatic nitrogens is 1. The fraction of sp³-hybridized carbons (Fsp3) is 0.267. The predicted molar refractivity (Wildman–Crippen MR) is 76.4 cm³/mol. The molecule has 2 aromatic rings. The number of hydrogen-bond acceptors (Lipinski definition) is 2. The lowest BCUT2D eigenvalue weighted by molar-refractivity contribution is 0.0598. The maximum Gasteiger partial charge on any atom is 0.123 e. The molecule has 0 saturated carbocycles. The maximum atomic E-state index is 13.1. The van der Waals surface area contributed by atoms with Gasteiger partial charge >= 0.3 is 0 Å². The summed E-state index contributed by atoms with van der Waals surface area (Å²) in [6.45, 7) is 1.74. The number of nitrogens with zero attached hydrogens (tertiary/aromatic N) is 1. The normalized spacial score (nSPS) is 14.1. The highest BCUT2D eigenvalue weighted by molar-refractivity contribution is 9.10. The third kappa shape index (κ3) is 4.40. The molecule has 1 aromatic carbocycles. The molecule has 1 unspecified atom stereocenters. The lowest BCUT2D eigenvalue weighted by Crippen LogP contribution is -2.30. The van der Waals surface area contributed by atoms with Crippen LogP contribution in [0.5, 0.6) is 0 Å². The van der Waals surface area contributed by atoms with Crippen LogP contribution >= 0.6 is 15.9 Å². The van der Waals surface area contributed by atoms with Crippen molar-refractivity contribution in [1.29, 1.82) is 0 Å². The smallest absolute Gasteiger partial charge is 0.123 e. The van der Waals surface area contributed by atoms with E-state index in [0.29, 0.717) is 12.8 Å². The second-order valence-electron chi connectivity index (χ2n) is 4.95. The van der Waals surface area contributed by atoms with Crippen LogP contribution < -0.4 is 0 Å². The van der Waals surface area contributed by atoms with Gasteiger partial charge in [-0.15, -0.1) is 0 Å². The van der Waals surface area contributed by atoms with E-state index in [9.17, 15) is 9.50 Å². The van der Waals surface area contributed by atoms with E-state index >= 15 is 0 Å². The third-order valence-electron chi connectivity index (χ3n) is 2.82. The van der Waals surface area contributed by atoms with Crippen LogP contribution in [0.1, 0.15) is 18.2 Å². The van der Waals surface area contributed by atoms with Gasteiger partial charge in [-0.1, -0.05) is 12.1 Å². The molecule has 1 atom stereocenters. The molecule has 0 spiro atoms. The van der Waals surface area contributed by atoms with E-state index in [1.54, 1.807) is 19.2 Å². The highest BCUT2D eigenvalue weighted by Crippen LogP contribution is 2.19. The standard InChI is InChI=1S/C15H15BrFNO/c1-15(19,8-11-3-2-4-13(17)7-11)9-14-6-5-12(16)10-18-14/h2-7,10,19H,8-9H2,1H3. The summed E-state index contributed by atoms with van der Waals surface area (Å²) in [7, 11) is 0. The Morgan fingerprint density at radius 2 is 2.05 bits per heavy atom. The summed E-state index contributed by atoms with van der Waals surface area (Å²) < 4.78 is 14.0. The number of pyridine rings is 1. The number of aliphatic hydroxyl groups is 1. The Kier molecular flexibility index (Phi) is 4.32.